The van der Waals surface area contributed by atoms with Crippen LogP contribution >= 0.6 is 0 Å². The van der Waals surface area contributed by atoms with E-state index in [-0.39, 0.29) is 0 Å². The monoisotopic (exact) mass is 383 g/mol. The quantitative estimate of drug-likeness (QED) is 0.733. The smallest absolute Gasteiger partial charge is 0.172 e. The highest BCUT2D eigenvalue weighted by atomic mass is 15.3. The summed E-state index contributed by atoms with van der Waals surface area (Å²) in [6, 6.07) is 0. The van der Waals surface area contributed by atoms with E-state index in [0.29, 0.717) is 5.92 Å². The zero-order chi connectivity index (χ0) is 19.3. The van der Waals surface area contributed by atoms with Crippen molar-refractivity contribution in [1.82, 2.24) is 24.4 Å². The number of nitrogens with zero attached hydrogens (tertiary/aromatic N) is 7. The molecule has 4 heterocycles. The van der Waals surface area contributed by atoms with E-state index in [1.165, 1.54) is 31.5 Å². The first-order valence-electron chi connectivity index (χ1n) is 10.7. The first-order valence-corrected chi connectivity index (χ1v) is 10.7. The Labute approximate surface area is 168 Å². The van der Waals surface area contributed by atoms with Crippen LogP contribution in [-0.4, -0.2) is 71.2 Å². The topological polar surface area (TPSA) is 53.3 Å². The van der Waals surface area contributed by atoms with E-state index in [0.717, 1.165) is 57.3 Å². The molecule has 0 aromatic carbocycles. The maximum atomic E-state index is 4.74. The fourth-order valence-corrected chi connectivity index (χ4v) is 4.51. The van der Waals surface area contributed by atoms with E-state index in [9.17, 15) is 0 Å². The molecule has 0 amide bonds. The minimum atomic E-state index is 0.455. The Morgan fingerprint density at radius 1 is 0.929 bits per heavy atom. The summed E-state index contributed by atoms with van der Waals surface area (Å²) in [5, 5.41) is 0. The molecule has 0 unspecified atom stereocenters. The average molecular weight is 384 g/mol. The van der Waals surface area contributed by atoms with Gasteiger partial charge >= 0.3 is 0 Å². The molecule has 2 fully saturated rings. The van der Waals surface area contributed by atoms with Crippen LogP contribution in [0.2, 0.25) is 0 Å². The van der Waals surface area contributed by atoms with Gasteiger partial charge in [0.2, 0.25) is 0 Å². The van der Waals surface area contributed by atoms with Gasteiger partial charge in [-0.05, 0) is 52.7 Å². The Morgan fingerprint density at radius 2 is 1.64 bits per heavy atom. The minimum Gasteiger partial charge on any atom is -0.354 e. The molecule has 2 aromatic rings. The number of aryl methyl sites for hydroxylation is 1. The van der Waals surface area contributed by atoms with E-state index in [1.54, 1.807) is 0 Å². The second kappa shape index (κ2) is 8.90. The van der Waals surface area contributed by atoms with Gasteiger partial charge in [-0.1, -0.05) is 0 Å². The van der Waals surface area contributed by atoms with Gasteiger partial charge in [0.1, 0.15) is 5.82 Å². The van der Waals surface area contributed by atoms with Crippen molar-refractivity contribution in [1.29, 1.82) is 0 Å². The summed E-state index contributed by atoms with van der Waals surface area (Å²) in [4.78, 5) is 21.3. The molecule has 2 saturated heterocycles. The van der Waals surface area contributed by atoms with Crippen LogP contribution in [-0.2, 0) is 6.54 Å². The van der Waals surface area contributed by atoms with E-state index in [2.05, 4.69) is 39.6 Å². The average Bonchev–Trinajstić information content (AvgIpc) is 3.40. The van der Waals surface area contributed by atoms with Crippen LogP contribution in [0.1, 0.15) is 43.8 Å². The van der Waals surface area contributed by atoms with Crippen molar-refractivity contribution in [2.75, 3.05) is 56.6 Å². The summed E-state index contributed by atoms with van der Waals surface area (Å²) >= 11 is 0. The van der Waals surface area contributed by atoms with Crippen molar-refractivity contribution in [3.63, 3.8) is 0 Å². The lowest BCUT2D eigenvalue weighted by Gasteiger charge is -2.35. The number of hydrogen-bond acceptors (Lipinski definition) is 6. The summed E-state index contributed by atoms with van der Waals surface area (Å²) in [6.45, 7) is 6.36. The SMILES string of the molecule is CN(C)CCCn1ccnc1[C@H]1CCCN(c2nccnc2N2CCCC2)C1. The van der Waals surface area contributed by atoms with Gasteiger partial charge in [-0.2, -0.15) is 0 Å². The van der Waals surface area contributed by atoms with Crippen LogP contribution in [0.15, 0.2) is 24.8 Å². The summed E-state index contributed by atoms with van der Waals surface area (Å²) in [7, 11) is 4.26. The van der Waals surface area contributed by atoms with Gasteiger partial charge < -0.3 is 19.3 Å². The maximum absolute atomic E-state index is 4.74. The van der Waals surface area contributed by atoms with Crippen LogP contribution in [0.25, 0.3) is 0 Å². The zero-order valence-corrected chi connectivity index (χ0v) is 17.3. The molecule has 0 bridgehead atoms. The highest BCUT2D eigenvalue weighted by Crippen LogP contribution is 2.33. The molecule has 7 heteroatoms. The fourth-order valence-electron chi connectivity index (χ4n) is 4.51. The number of piperidine rings is 1. The normalized spacial score (nSPS) is 20.3. The van der Waals surface area contributed by atoms with Gasteiger partial charge in [-0.15, -0.1) is 0 Å². The highest BCUT2D eigenvalue weighted by molar-refractivity contribution is 5.63. The van der Waals surface area contributed by atoms with E-state index in [4.69, 9.17) is 15.0 Å². The van der Waals surface area contributed by atoms with Crippen LogP contribution in [0.5, 0.6) is 0 Å². The Hall–Kier alpha value is -2.15. The molecule has 2 aromatic heterocycles. The standard InChI is InChI=1S/C21H33N7/c1-25(2)11-6-15-27-16-10-24-19(27)18-7-5-14-28(17-18)21-20(22-8-9-23-21)26-12-3-4-13-26/h8-10,16,18H,3-7,11-15,17H2,1-2H3/t18-/m0/s1. The molecule has 28 heavy (non-hydrogen) atoms. The van der Waals surface area contributed by atoms with Crippen LogP contribution in [0, 0.1) is 0 Å². The summed E-state index contributed by atoms with van der Waals surface area (Å²) < 4.78 is 2.36. The second-order valence-corrected chi connectivity index (χ2v) is 8.32. The molecule has 0 saturated carbocycles. The first-order chi connectivity index (χ1) is 13.7. The van der Waals surface area contributed by atoms with Gasteiger partial charge in [0.05, 0.1) is 0 Å². The molecular weight excluding hydrogens is 350 g/mol. The second-order valence-electron chi connectivity index (χ2n) is 8.32. The summed E-state index contributed by atoms with van der Waals surface area (Å²) in [6.07, 6.45) is 13.8. The van der Waals surface area contributed by atoms with Gasteiger partial charge in [0, 0.05) is 63.4 Å². The highest BCUT2D eigenvalue weighted by Gasteiger charge is 2.28. The van der Waals surface area contributed by atoms with Crippen LogP contribution < -0.4 is 9.80 Å². The molecule has 0 spiro atoms. The van der Waals surface area contributed by atoms with E-state index in [1.807, 2.05) is 18.6 Å². The molecule has 7 nitrogen and oxygen atoms in total. The molecule has 0 aliphatic carbocycles. The third kappa shape index (κ3) is 4.29. The Balaban J connectivity index is 1.48. The van der Waals surface area contributed by atoms with E-state index < -0.39 is 0 Å². The first kappa shape index (κ1) is 19.2. The van der Waals surface area contributed by atoms with Crippen molar-refractivity contribution in [3.8, 4) is 0 Å². The van der Waals surface area contributed by atoms with Crippen molar-refractivity contribution < 1.29 is 0 Å². The molecule has 2 aliphatic rings. The summed E-state index contributed by atoms with van der Waals surface area (Å²) in [5.74, 6) is 3.81. The predicted molar refractivity (Wildman–Crippen MR) is 113 cm³/mol. The van der Waals surface area contributed by atoms with Gasteiger partial charge in [0.25, 0.3) is 0 Å². The Kier molecular flexibility index (Phi) is 6.10. The fraction of sp³-hybridized carbons (Fsp3) is 0.667. The molecule has 152 valence electrons. The molecule has 4 rings (SSSR count). The van der Waals surface area contributed by atoms with Gasteiger partial charge in [-0.25, -0.2) is 15.0 Å². The lowest BCUT2D eigenvalue weighted by atomic mass is 9.97. The molecular formula is C21H33N7. The van der Waals surface area contributed by atoms with Crippen molar-refractivity contribution in [3.05, 3.63) is 30.6 Å². The Morgan fingerprint density at radius 3 is 2.39 bits per heavy atom. The number of imidazole rings is 1. The minimum absolute atomic E-state index is 0.455. The number of rotatable bonds is 7. The maximum Gasteiger partial charge on any atom is 0.172 e. The molecule has 0 radical (unpaired) electrons. The predicted octanol–water partition coefficient (Wildman–Crippen LogP) is 2.61. The van der Waals surface area contributed by atoms with Crippen molar-refractivity contribution >= 4 is 11.6 Å². The third-order valence-electron chi connectivity index (χ3n) is 5.90. The van der Waals surface area contributed by atoms with Crippen molar-refractivity contribution in [2.45, 2.75) is 44.6 Å². The summed E-state index contributed by atoms with van der Waals surface area (Å²) in [5.41, 5.74) is 0. The largest absolute Gasteiger partial charge is 0.354 e. The van der Waals surface area contributed by atoms with Gasteiger partial charge in [-0.3, -0.25) is 0 Å². The van der Waals surface area contributed by atoms with Crippen LogP contribution in [0.3, 0.4) is 0 Å². The molecule has 0 N–H and O–H groups in total. The Bertz CT molecular complexity index is 751. The molecule has 2 aliphatic heterocycles. The number of hydrogen-bond donors (Lipinski definition) is 0. The third-order valence-corrected chi connectivity index (χ3v) is 5.90. The number of aromatic nitrogens is 4. The number of anilines is 2. The van der Waals surface area contributed by atoms with Gasteiger partial charge in [0.15, 0.2) is 11.6 Å². The lowest BCUT2D eigenvalue weighted by molar-refractivity contribution is 0.380. The zero-order valence-electron chi connectivity index (χ0n) is 17.3. The van der Waals surface area contributed by atoms with E-state index >= 15 is 0 Å². The molecule has 1 atom stereocenters. The lowest BCUT2D eigenvalue weighted by Crippen LogP contribution is -2.37. The van der Waals surface area contributed by atoms with Crippen molar-refractivity contribution in [2.24, 2.45) is 0 Å². The van der Waals surface area contributed by atoms with Crippen LogP contribution in [0.4, 0.5) is 11.6 Å².